The summed E-state index contributed by atoms with van der Waals surface area (Å²) < 4.78 is 5.37. The van der Waals surface area contributed by atoms with Crippen LogP contribution in [0.3, 0.4) is 0 Å². The van der Waals surface area contributed by atoms with Gasteiger partial charge in [-0.05, 0) is 44.0 Å². The number of carbonyl (C=O) groups is 1. The Morgan fingerprint density at radius 3 is 2.56 bits per heavy atom. The summed E-state index contributed by atoms with van der Waals surface area (Å²) in [7, 11) is 0. The van der Waals surface area contributed by atoms with E-state index in [0.29, 0.717) is 17.6 Å². The molecule has 18 heavy (non-hydrogen) atoms. The van der Waals surface area contributed by atoms with E-state index in [0.717, 1.165) is 11.3 Å². The third kappa shape index (κ3) is 3.77. The summed E-state index contributed by atoms with van der Waals surface area (Å²) in [6.07, 6.45) is 5.21. The highest BCUT2D eigenvalue weighted by Gasteiger charge is 2.17. The van der Waals surface area contributed by atoms with Gasteiger partial charge >= 0.3 is 0 Å². The summed E-state index contributed by atoms with van der Waals surface area (Å²) in [5.74, 6) is 1.67. The summed E-state index contributed by atoms with van der Waals surface area (Å²) >= 11 is 1.82. The minimum absolute atomic E-state index is 0.231. The number of benzene rings is 1. The third-order valence-corrected chi connectivity index (χ3v) is 4.61. The van der Waals surface area contributed by atoms with Crippen molar-refractivity contribution in [2.45, 2.75) is 37.9 Å². The molecule has 2 rings (SSSR count). The lowest BCUT2D eigenvalue weighted by molar-refractivity contribution is 0.102. The van der Waals surface area contributed by atoms with E-state index in [4.69, 9.17) is 4.74 Å². The molecular formula is C15H20O2S. The van der Waals surface area contributed by atoms with Gasteiger partial charge in [0.15, 0.2) is 5.78 Å². The van der Waals surface area contributed by atoms with Crippen molar-refractivity contribution in [3.05, 3.63) is 29.8 Å². The summed E-state index contributed by atoms with van der Waals surface area (Å²) in [6.45, 7) is 2.61. The molecule has 98 valence electrons. The monoisotopic (exact) mass is 264 g/mol. The number of thioether (sulfide) groups is 1. The largest absolute Gasteiger partial charge is 0.494 e. The molecule has 1 aliphatic rings. The number of ether oxygens (including phenoxy) is 1. The van der Waals surface area contributed by atoms with E-state index in [-0.39, 0.29) is 5.78 Å². The van der Waals surface area contributed by atoms with Crippen LogP contribution in [-0.2, 0) is 0 Å². The number of hydrogen-bond acceptors (Lipinski definition) is 3. The van der Waals surface area contributed by atoms with Crippen LogP contribution in [0, 0.1) is 0 Å². The van der Waals surface area contributed by atoms with Crippen LogP contribution in [0.4, 0.5) is 0 Å². The highest BCUT2D eigenvalue weighted by atomic mass is 32.2. The van der Waals surface area contributed by atoms with Gasteiger partial charge in [-0.3, -0.25) is 4.79 Å². The molecule has 1 aliphatic carbocycles. The van der Waals surface area contributed by atoms with E-state index >= 15 is 0 Å². The number of carbonyl (C=O) groups excluding carboxylic acids is 1. The molecule has 0 radical (unpaired) electrons. The van der Waals surface area contributed by atoms with Crippen molar-refractivity contribution in [1.82, 2.24) is 0 Å². The second kappa shape index (κ2) is 6.83. The van der Waals surface area contributed by atoms with Gasteiger partial charge in [-0.1, -0.05) is 12.8 Å². The summed E-state index contributed by atoms with van der Waals surface area (Å²) in [5, 5.41) is 0.705. The van der Waals surface area contributed by atoms with Crippen molar-refractivity contribution in [3.63, 3.8) is 0 Å². The van der Waals surface area contributed by atoms with Crippen LogP contribution in [0.5, 0.6) is 5.75 Å². The Labute approximate surface area is 113 Å². The number of hydrogen-bond donors (Lipinski definition) is 0. The van der Waals surface area contributed by atoms with Crippen LogP contribution < -0.4 is 4.74 Å². The van der Waals surface area contributed by atoms with Crippen LogP contribution in [0.2, 0.25) is 0 Å². The quantitative estimate of drug-likeness (QED) is 0.728. The average molecular weight is 264 g/mol. The number of ketones is 1. The van der Waals surface area contributed by atoms with E-state index in [9.17, 15) is 4.79 Å². The predicted molar refractivity (Wildman–Crippen MR) is 76.7 cm³/mol. The maximum Gasteiger partial charge on any atom is 0.172 e. The smallest absolute Gasteiger partial charge is 0.172 e. The van der Waals surface area contributed by atoms with Gasteiger partial charge in [0.2, 0.25) is 0 Å². The molecule has 3 heteroatoms. The van der Waals surface area contributed by atoms with E-state index in [2.05, 4.69) is 0 Å². The molecule has 0 aromatic heterocycles. The van der Waals surface area contributed by atoms with Crippen molar-refractivity contribution < 1.29 is 9.53 Å². The molecule has 0 unspecified atom stereocenters. The Bertz CT molecular complexity index is 380. The topological polar surface area (TPSA) is 26.3 Å². The predicted octanol–water partition coefficient (Wildman–Crippen LogP) is 3.94. The van der Waals surface area contributed by atoms with E-state index < -0.39 is 0 Å². The second-order valence-corrected chi connectivity index (χ2v) is 5.89. The maximum atomic E-state index is 12.0. The number of rotatable bonds is 6. The molecule has 0 saturated heterocycles. The lowest BCUT2D eigenvalue weighted by Gasteiger charge is -2.08. The Morgan fingerprint density at radius 2 is 1.94 bits per heavy atom. The Hall–Kier alpha value is -0.960. The molecule has 1 aromatic carbocycles. The van der Waals surface area contributed by atoms with Crippen molar-refractivity contribution in [2.24, 2.45) is 0 Å². The maximum absolute atomic E-state index is 12.0. The standard InChI is InChI=1S/C15H20O2S/c1-2-17-13-9-7-12(8-10-13)15(16)11-18-14-5-3-4-6-14/h7-10,14H,2-6,11H2,1H3. The van der Waals surface area contributed by atoms with E-state index in [1.807, 2.05) is 43.0 Å². The van der Waals surface area contributed by atoms with E-state index in [1.165, 1.54) is 25.7 Å². The van der Waals surface area contributed by atoms with Gasteiger partial charge in [-0.2, -0.15) is 11.8 Å². The van der Waals surface area contributed by atoms with Crippen LogP contribution in [0.15, 0.2) is 24.3 Å². The first-order chi connectivity index (χ1) is 8.79. The van der Waals surface area contributed by atoms with Crippen LogP contribution in [0.1, 0.15) is 43.0 Å². The number of Topliss-reactive ketones (excluding diaryl/α,β-unsaturated/α-hetero) is 1. The second-order valence-electron chi connectivity index (χ2n) is 4.60. The first-order valence-corrected chi connectivity index (χ1v) is 7.72. The molecular weight excluding hydrogens is 244 g/mol. The zero-order valence-corrected chi connectivity index (χ0v) is 11.7. The molecule has 1 fully saturated rings. The molecule has 0 aliphatic heterocycles. The molecule has 0 heterocycles. The Balaban J connectivity index is 1.83. The van der Waals surface area contributed by atoms with Gasteiger partial charge in [0, 0.05) is 10.8 Å². The van der Waals surface area contributed by atoms with Gasteiger partial charge in [0.25, 0.3) is 0 Å². The Morgan fingerprint density at radius 1 is 1.28 bits per heavy atom. The first-order valence-electron chi connectivity index (χ1n) is 6.67. The fourth-order valence-corrected chi connectivity index (χ4v) is 3.46. The molecule has 1 aromatic rings. The summed E-state index contributed by atoms with van der Waals surface area (Å²) in [5.41, 5.74) is 0.795. The molecule has 1 saturated carbocycles. The minimum Gasteiger partial charge on any atom is -0.494 e. The molecule has 2 nitrogen and oxygen atoms in total. The van der Waals surface area contributed by atoms with Crippen LogP contribution in [-0.4, -0.2) is 23.4 Å². The molecule has 0 atom stereocenters. The van der Waals surface area contributed by atoms with Crippen molar-refractivity contribution in [2.75, 3.05) is 12.4 Å². The zero-order chi connectivity index (χ0) is 12.8. The van der Waals surface area contributed by atoms with Gasteiger partial charge in [-0.15, -0.1) is 0 Å². The lowest BCUT2D eigenvalue weighted by atomic mass is 10.1. The van der Waals surface area contributed by atoms with Gasteiger partial charge in [-0.25, -0.2) is 0 Å². The van der Waals surface area contributed by atoms with Gasteiger partial charge in [0.1, 0.15) is 5.75 Å². The van der Waals surface area contributed by atoms with Crippen molar-refractivity contribution in [1.29, 1.82) is 0 Å². The lowest BCUT2D eigenvalue weighted by Crippen LogP contribution is -2.06. The van der Waals surface area contributed by atoms with Crippen LogP contribution in [0.25, 0.3) is 0 Å². The van der Waals surface area contributed by atoms with Gasteiger partial charge < -0.3 is 4.74 Å². The average Bonchev–Trinajstić information content (AvgIpc) is 2.90. The molecule has 0 spiro atoms. The minimum atomic E-state index is 0.231. The zero-order valence-electron chi connectivity index (χ0n) is 10.9. The highest BCUT2D eigenvalue weighted by molar-refractivity contribution is 8.00. The third-order valence-electron chi connectivity index (χ3n) is 3.24. The fraction of sp³-hybridized carbons (Fsp3) is 0.533. The molecule has 0 N–H and O–H groups in total. The highest BCUT2D eigenvalue weighted by Crippen LogP contribution is 2.29. The van der Waals surface area contributed by atoms with Gasteiger partial charge in [0.05, 0.1) is 12.4 Å². The fourth-order valence-electron chi connectivity index (χ4n) is 2.24. The summed E-state index contributed by atoms with van der Waals surface area (Å²) in [6, 6.07) is 7.47. The SMILES string of the molecule is CCOc1ccc(C(=O)CSC2CCCC2)cc1. The Kier molecular flexibility index (Phi) is 5.12. The molecule has 0 amide bonds. The molecule has 0 bridgehead atoms. The normalized spacial score (nSPS) is 15.8. The summed E-state index contributed by atoms with van der Waals surface area (Å²) in [4.78, 5) is 12.0. The van der Waals surface area contributed by atoms with E-state index in [1.54, 1.807) is 0 Å². The first kappa shape index (κ1) is 13.5. The van der Waals surface area contributed by atoms with Crippen molar-refractivity contribution in [3.8, 4) is 5.75 Å². The van der Waals surface area contributed by atoms with Crippen molar-refractivity contribution >= 4 is 17.5 Å². The van der Waals surface area contributed by atoms with Crippen LogP contribution >= 0.6 is 11.8 Å².